The van der Waals surface area contributed by atoms with Crippen LogP contribution in [0.5, 0.6) is 0 Å². The summed E-state index contributed by atoms with van der Waals surface area (Å²) in [6.45, 7) is 1.68. The summed E-state index contributed by atoms with van der Waals surface area (Å²) in [7, 11) is 1.35. The number of ether oxygens (including phenoxy) is 1. The van der Waals surface area contributed by atoms with Gasteiger partial charge in [-0.15, -0.1) is 11.3 Å². The molecule has 0 amide bonds. The van der Waals surface area contributed by atoms with Crippen molar-refractivity contribution in [1.82, 2.24) is 0 Å². The third kappa shape index (κ3) is 2.54. The van der Waals surface area contributed by atoms with Crippen LogP contribution in [0.4, 0.5) is 0 Å². The minimum absolute atomic E-state index is 0.374. The van der Waals surface area contributed by atoms with Crippen LogP contribution in [0.3, 0.4) is 0 Å². The number of thiophene rings is 1. The Hall–Kier alpha value is -0.870. The first kappa shape index (κ1) is 10.2. The number of nitrogens with two attached hydrogens (primary N) is 1. The van der Waals surface area contributed by atoms with Gasteiger partial charge in [0.15, 0.2) is 0 Å². The Morgan fingerprint density at radius 3 is 2.92 bits per heavy atom. The molecule has 0 spiro atoms. The van der Waals surface area contributed by atoms with Crippen LogP contribution >= 0.6 is 11.3 Å². The van der Waals surface area contributed by atoms with Gasteiger partial charge in [0.05, 0.1) is 7.11 Å². The molecule has 0 aliphatic carbocycles. The van der Waals surface area contributed by atoms with Crippen molar-refractivity contribution in [2.75, 3.05) is 7.11 Å². The molecule has 4 heteroatoms. The second-order valence-corrected chi connectivity index (χ2v) is 4.20. The Morgan fingerprint density at radius 2 is 2.46 bits per heavy atom. The Morgan fingerprint density at radius 1 is 1.77 bits per heavy atom. The largest absolute Gasteiger partial charge is 0.468 e. The summed E-state index contributed by atoms with van der Waals surface area (Å²) in [4.78, 5) is 12.3. The van der Waals surface area contributed by atoms with E-state index in [0.29, 0.717) is 6.42 Å². The van der Waals surface area contributed by atoms with E-state index in [0.717, 1.165) is 4.88 Å². The van der Waals surface area contributed by atoms with E-state index in [1.54, 1.807) is 18.3 Å². The summed E-state index contributed by atoms with van der Waals surface area (Å²) in [6, 6.07) is 3.89. The average molecular weight is 199 g/mol. The number of hydrogen-bond acceptors (Lipinski definition) is 4. The summed E-state index contributed by atoms with van der Waals surface area (Å²) in [5.41, 5.74) is 4.88. The van der Waals surface area contributed by atoms with Crippen LogP contribution in [0.15, 0.2) is 17.5 Å². The number of carbonyl (C=O) groups is 1. The third-order valence-electron chi connectivity index (χ3n) is 1.77. The van der Waals surface area contributed by atoms with Gasteiger partial charge in [0.25, 0.3) is 0 Å². The molecule has 13 heavy (non-hydrogen) atoms. The predicted molar refractivity (Wildman–Crippen MR) is 52.6 cm³/mol. The number of rotatable bonds is 3. The fourth-order valence-electron chi connectivity index (χ4n) is 1.08. The predicted octanol–water partition coefficient (Wildman–Crippen LogP) is 1.18. The van der Waals surface area contributed by atoms with Crippen molar-refractivity contribution in [2.45, 2.75) is 18.9 Å². The Labute approximate surface area is 81.5 Å². The highest BCUT2D eigenvalue weighted by Gasteiger charge is 2.29. The van der Waals surface area contributed by atoms with Gasteiger partial charge in [-0.05, 0) is 18.4 Å². The molecule has 0 aromatic carbocycles. The molecule has 3 nitrogen and oxygen atoms in total. The quantitative estimate of drug-likeness (QED) is 0.744. The lowest BCUT2D eigenvalue weighted by Gasteiger charge is -2.20. The molecule has 0 fully saturated rings. The fraction of sp³-hybridized carbons (Fsp3) is 0.444. The Bertz CT molecular complexity index is 280. The third-order valence-corrected chi connectivity index (χ3v) is 2.65. The van der Waals surface area contributed by atoms with Crippen molar-refractivity contribution in [1.29, 1.82) is 0 Å². The van der Waals surface area contributed by atoms with Gasteiger partial charge in [-0.25, -0.2) is 0 Å². The maximum absolute atomic E-state index is 11.2. The Kier molecular flexibility index (Phi) is 3.06. The van der Waals surface area contributed by atoms with Crippen LogP contribution in [0.2, 0.25) is 0 Å². The van der Waals surface area contributed by atoms with Gasteiger partial charge in [-0.2, -0.15) is 0 Å². The molecule has 1 aromatic rings. The van der Waals surface area contributed by atoms with Gasteiger partial charge in [-0.1, -0.05) is 6.07 Å². The molecule has 1 rings (SSSR count). The zero-order valence-corrected chi connectivity index (χ0v) is 8.56. The van der Waals surface area contributed by atoms with Crippen LogP contribution < -0.4 is 5.73 Å². The van der Waals surface area contributed by atoms with E-state index in [2.05, 4.69) is 4.74 Å². The SMILES string of the molecule is COC(=O)C(C)(N)Cc1cccs1. The van der Waals surface area contributed by atoms with Crippen molar-refractivity contribution >= 4 is 17.3 Å². The number of esters is 1. The monoisotopic (exact) mass is 199 g/mol. The molecule has 1 unspecified atom stereocenters. The molecule has 2 N–H and O–H groups in total. The maximum atomic E-state index is 11.2. The second-order valence-electron chi connectivity index (χ2n) is 3.17. The van der Waals surface area contributed by atoms with E-state index in [1.807, 2.05) is 17.5 Å². The van der Waals surface area contributed by atoms with Gasteiger partial charge < -0.3 is 10.5 Å². The highest BCUT2D eigenvalue weighted by molar-refractivity contribution is 7.09. The molecule has 1 atom stereocenters. The minimum Gasteiger partial charge on any atom is -0.468 e. The van der Waals surface area contributed by atoms with Crippen LogP contribution in [0.1, 0.15) is 11.8 Å². The average Bonchev–Trinajstić information content (AvgIpc) is 2.54. The highest BCUT2D eigenvalue weighted by atomic mass is 32.1. The summed E-state index contributed by atoms with van der Waals surface area (Å²) in [6.07, 6.45) is 0.525. The normalized spacial score (nSPS) is 15.0. The van der Waals surface area contributed by atoms with E-state index >= 15 is 0 Å². The second kappa shape index (κ2) is 3.89. The molecule has 0 aliphatic rings. The molecule has 0 saturated heterocycles. The summed E-state index contributed by atoms with van der Waals surface area (Å²) in [5.74, 6) is -0.374. The molecule has 0 radical (unpaired) electrons. The zero-order chi connectivity index (χ0) is 9.90. The molecular formula is C9H13NO2S. The van der Waals surface area contributed by atoms with Crippen LogP contribution in [0.25, 0.3) is 0 Å². The van der Waals surface area contributed by atoms with Crippen LogP contribution in [-0.4, -0.2) is 18.6 Å². The lowest BCUT2D eigenvalue weighted by Crippen LogP contribution is -2.47. The number of methoxy groups -OCH3 is 1. The van der Waals surface area contributed by atoms with Crippen molar-refractivity contribution in [3.05, 3.63) is 22.4 Å². The summed E-state index contributed by atoms with van der Waals surface area (Å²) < 4.78 is 4.60. The van der Waals surface area contributed by atoms with Gasteiger partial charge in [0, 0.05) is 11.3 Å². The fourth-order valence-corrected chi connectivity index (χ4v) is 1.95. The number of carbonyl (C=O) groups excluding carboxylic acids is 1. The van der Waals surface area contributed by atoms with Crippen LogP contribution in [0, 0.1) is 0 Å². The van der Waals surface area contributed by atoms with E-state index < -0.39 is 5.54 Å². The lowest BCUT2D eigenvalue weighted by molar-refractivity contribution is -0.146. The van der Waals surface area contributed by atoms with Crippen LogP contribution in [-0.2, 0) is 16.0 Å². The first-order chi connectivity index (χ1) is 6.06. The van der Waals surface area contributed by atoms with Crippen molar-refractivity contribution < 1.29 is 9.53 Å². The van der Waals surface area contributed by atoms with E-state index in [1.165, 1.54) is 7.11 Å². The van der Waals surface area contributed by atoms with Gasteiger partial charge in [-0.3, -0.25) is 4.79 Å². The first-order valence-corrected chi connectivity index (χ1v) is 4.84. The molecular weight excluding hydrogens is 186 g/mol. The van der Waals surface area contributed by atoms with Crippen molar-refractivity contribution in [3.8, 4) is 0 Å². The van der Waals surface area contributed by atoms with E-state index in [4.69, 9.17) is 5.73 Å². The maximum Gasteiger partial charge on any atom is 0.325 e. The lowest BCUT2D eigenvalue weighted by atomic mass is 9.99. The Balaban J connectivity index is 2.67. The zero-order valence-electron chi connectivity index (χ0n) is 7.74. The van der Waals surface area contributed by atoms with Crippen molar-refractivity contribution in [3.63, 3.8) is 0 Å². The van der Waals surface area contributed by atoms with Crippen molar-refractivity contribution in [2.24, 2.45) is 5.73 Å². The molecule has 72 valence electrons. The smallest absolute Gasteiger partial charge is 0.325 e. The van der Waals surface area contributed by atoms with Gasteiger partial charge in [0.1, 0.15) is 5.54 Å². The molecule has 0 bridgehead atoms. The molecule has 0 aliphatic heterocycles. The van der Waals surface area contributed by atoms with Gasteiger partial charge in [0.2, 0.25) is 0 Å². The van der Waals surface area contributed by atoms with E-state index in [-0.39, 0.29) is 5.97 Å². The van der Waals surface area contributed by atoms with Gasteiger partial charge >= 0.3 is 5.97 Å². The highest BCUT2D eigenvalue weighted by Crippen LogP contribution is 2.16. The molecule has 1 aromatic heterocycles. The summed E-state index contributed by atoms with van der Waals surface area (Å²) in [5, 5.41) is 1.96. The van der Waals surface area contributed by atoms with E-state index in [9.17, 15) is 4.79 Å². The molecule has 1 heterocycles. The standard InChI is InChI=1S/C9H13NO2S/c1-9(10,8(11)12-2)6-7-4-3-5-13-7/h3-5H,6,10H2,1-2H3. The summed E-state index contributed by atoms with van der Waals surface area (Å²) >= 11 is 1.59. The molecule has 0 saturated carbocycles. The topological polar surface area (TPSA) is 52.3 Å². The first-order valence-electron chi connectivity index (χ1n) is 3.96. The minimum atomic E-state index is -0.917. The number of hydrogen-bond donors (Lipinski definition) is 1.